The second-order valence-corrected chi connectivity index (χ2v) is 5.41. The summed E-state index contributed by atoms with van der Waals surface area (Å²) >= 11 is 0. The van der Waals surface area contributed by atoms with Crippen molar-refractivity contribution in [3.05, 3.63) is 29.8 Å². The highest BCUT2D eigenvalue weighted by molar-refractivity contribution is 5.28. The molecule has 21 heavy (non-hydrogen) atoms. The van der Waals surface area contributed by atoms with Gasteiger partial charge in [0.05, 0.1) is 0 Å². The Morgan fingerprint density at radius 1 is 1.38 bits per heavy atom. The molecule has 0 spiro atoms. The monoisotopic (exact) mass is 300 g/mol. The molecule has 0 amide bonds. The van der Waals surface area contributed by atoms with Crippen LogP contribution in [0.4, 0.5) is 8.78 Å². The third-order valence-electron chi connectivity index (χ3n) is 3.85. The van der Waals surface area contributed by atoms with Gasteiger partial charge in [-0.15, -0.1) is 0 Å². The average molecular weight is 300 g/mol. The first kappa shape index (κ1) is 16.1. The Hall–Kier alpha value is -1.24. The van der Waals surface area contributed by atoms with Crippen LogP contribution in [0.3, 0.4) is 0 Å². The zero-order valence-corrected chi connectivity index (χ0v) is 12.2. The molecule has 1 N–H and O–H groups in total. The van der Waals surface area contributed by atoms with Gasteiger partial charge in [0.15, 0.2) is 0 Å². The number of likely N-dealkylation sites (N-methyl/N-ethyl adjacent to an activating group) is 1. The Labute approximate surface area is 123 Å². The van der Waals surface area contributed by atoms with Gasteiger partial charge in [0, 0.05) is 38.8 Å². The maximum atomic E-state index is 12.2. The first-order chi connectivity index (χ1) is 10.1. The first-order valence-corrected chi connectivity index (χ1v) is 7.15. The van der Waals surface area contributed by atoms with Gasteiger partial charge in [-0.1, -0.05) is 12.1 Å². The van der Waals surface area contributed by atoms with Crippen molar-refractivity contribution in [2.24, 2.45) is 0 Å². The van der Waals surface area contributed by atoms with Crippen molar-refractivity contribution in [3.63, 3.8) is 0 Å². The van der Waals surface area contributed by atoms with Crippen LogP contribution in [0, 0.1) is 0 Å². The second-order valence-electron chi connectivity index (χ2n) is 5.41. The Morgan fingerprint density at radius 3 is 2.90 bits per heavy atom. The number of hydrogen-bond acceptors (Lipinski definition) is 4. The number of alkyl halides is 2. The molecule has 1 saturated heterocycles. The van der Waals surface area contributed by atoms with E-state index < -0.39 is 6.61 Å². The van der Waals surface area contributed by atoms with Gasteiger partial charge in [-0.05, 0) is 31.2 Å². The molecule has 0 saturated carbocycles. The zero-order chi connectivity index (χ0) is 15.2. The van der Waals surface area contributed by atoms with Gasteiger partial charge < -0.3 is 14.7 Å². The van der Waals surface area contributed by atoms with Crippen LogP contribution in [0.2, 0.25) is 0 Å². The fourth-order valence-corrected chi connectivity index (χ4v) is 2.69. The van der Waals surface area contributed by atoms with Gasteiger partial charge in [-0.2, -0.15) is 8.78 Å². The minimum atomic E-state index is -2.79. The van der Waals surface area contributed by atoms with Crippen LogP contribution in [0.25, 0.3) is 0 Å². The zero-order valence-electron chi connectivity index (χ0n) is 12.2. The quantitative estimate of drug-likeness (QED) is 0.869. The fraction of sp³-hybridized carbons (Fsp3) is 0.600. The highest BCUT2D eigenvalue weighted by Gasteiger charge is 2.23. The normalized spacial score (nSPS) is 20.9. The molecule has 118 valence electrons. The molecule has 4 nitrogen and oxygen atoms in total. The van der Waals surface area contributed by atoms with Crippen molar-refractivity contribution in [3.8, 4) is 5.75 Å². The van der Waals surface area contributed by atoms with E-state index in [9.17, 15) is 8.78 Å². The molecule has 0 aliphatic carbocycles. The molecule has 1 aromatic rings. The highest BCUT2D eigenvalue weighted by atomic mass is 19.3. The molecular weight excluding hydrogens is 278 g/mol. The van der Waals surface area contributed by atoms with Crippen LogP contribution in [-0.4, -0.2) is 60.8 Å². The van der Waals surface area contributed by atoms with Crippen molar-refractivity contribution < 1.29 is 18.6 Å². The predicted octanol–water partition coefficient (Wildman–Crippen LogP) is 1.79. The third-order valence-corrected chi connectivity index (χ3v) is 3.85. The van der Waals surface area contributed by atoms with Crippen molar-refractivity contribution in [2.45, 2.75) is 25.6 Å². The van der Waals surface area contributed by atoms with E-state index in [2.05, 4.69) is 21.6 Å². The van der Waals surface area contributed by atoms with Crippen LogP contribution in [0.15, 0.2) is 24.3 Å². The van der Waals surface area contributed by atoms with Gasteiger partial charge in [0.2, 0.25) is 0 Å². The molecule has 0 bridgehead atoms. The van der Waals surface area contributed by atoms with Gasteiger partial charge in [0.25, 0.3) is 0 Å². The molecule has 0 unspecified atom stereocenters. The molecular formula is C15H22F2N2O2. The number of aliphatic hydroxyl groups excluding tert-OH is 1. The molecule has 1 fully saturated rings. The summed E-state index contributed by atoms with van der Waals surface area (Å²) in [5, 5.41) is 9.10. The van der Waals surface area contributed by atoms with Crippen LogP contribution in [0.5, 0.6) is 5.75 Å². The molecule has 6 heteroatoms. The summed E-state index contributed by atoms with van der Waals surface area (Å²) in [5.74, 6) is 0.198. The molecule has 1 atom stereocenters. The van der Waals surface area contributed by atoms with E-state index in [0.29, 0.717) is 12.6 Å². The molecule has 1 aliphatic heterocycles. The van der Waals surface area contributed by atoms with Crippen molar-refractivity contribution in [1.29, 1.82) is 0 Å². The van der Waals surface area contributed by atoms with E-state index in [1.807, 2.05) is 6.07 Å². The lowest BCUT2D eigenvalue weighted by Crippen LogP contribution is -2.51. The number of piperazine rings is 1. The maximum Gasteiger partial charge on any atom is 0.387 e. The largest absolute Gasteiger partial charge is 0.435 e. The smallest absolute Gasteiger partial charge is 0.387 e. The Bertz CT molecular complexity index is 445. The summed E-state index contributed by atoms with van der Waals surface area (Å²) in [4.78, 5) is 4.53. The van der Waals surface area contributed by atoms with Gasteiger partial charge in [-0.3, -0.25) is 4.90 Å². The second kappa shape index (κ2) is 7.68. The first-order valence-electron chi connectivity index (χ1n) is 7.15. The van der Waals surface area contributed by atoms with Gasteiger partial charge >= 0.3 is 6.61 Å². The summed E-state index contributed by atoms with van der Waals surface area (Å²) in [6, 6.07) is 7.18. The van der Waals surface area contributed by atoms with Gasteiger partial charge in [-0.25, -0.2) is 0 Å². The lowest BCUT2D eigenvalue weighted by atomic mass is 10.1. The van der Waals surface area contributed by atoms with Gasteiger partial charge in [0.1, 0.15) is 5.75 Å². The molecule has 0 aromatic heterocycles. The third kappa shape index (κ3) is 4.91. The van der Waals surface area contributed by atoms with E-state index in [-0.39, 0.29) is 12.4 Å². The van der Waals surface area contributed by atoms with E-state index in [0.717, 1.165) is 31.6 Å². The molecule has 2 rings (SSSR count). The van der Waals surface area contributed by atoms with Crippen LogP contribution in [-0.2, 0) is 6.54 Å². The highest BCUT2D eigenvalue weighted by Crippen LogP contribution is 2.19. The summed E-state index contributed by atoms with van der Waals surface area (Å²) in [6.07, 6.45) is 0.752. The van der Waals surface area contributed by atoms with E-state index in [1.165, 1.54) is 6.07 Å². The number of rotatable bonds is 6. The standard InChI is InChI=1S/C15H22F2N2O2/c1-18-6-7-19(11-13(18)5-8-20)10-12-3-2-4-14(9-12)21-15(16)17/h2-4,9,13,15,20H,5-8,10-11H2,1H3/t13-/m0/s1. The van der Waals surface area contributed by atoms with Crippen LogP contribution < -0.4 is 4.74 Å². The lowest BCUT2D eigenvalue weighted by Gasteiger charge is -2.39. The topological polar surface area (TPSA) is 35.9 Å². The Balaban J connectivity index is 1.94. The fourth-order valence-electron chi connectivity index (χ4n) is 2.69. The number of ether oxygens (including phenoxy) is 1. The van der Waals surface area contributed by atoms with E-state index in [1.54, 1.807) is 12.1 Å². The maximum absolute atomic E-state index is 12.2. The predicted molar refractivity (Wildman–Crippen MR) is 76.5 cm³/mol. The minimum Gasteiger partial charge on any atom is -0.435 e. The van der Waals surface area contributed by atoms with E-state index >= 15 is 0 Å². The summed E-state index contributed by atoms with van der Waals surface area (Å²) < 4.78 is 28.9. The summed E-state index contributed by atoms with van der Waals surface area (Å²) in [7, 11) is 2.06. The molecule has 1 aromatic carbocycles. The lowest BCUT2D eigenvalue weighted by molar-refractivity contribution is -0.0499. The van der Waals surface area contributed by atoms with Crippen molar-refractivity contribution >= 4 is 0 Å². The van der Waals surface area contributed by atoms with Crippen molar-refractivity contribution in [1.82, 2.24) is 9.80 Å². The number of hydrogen-bond donors (Lipinski definition) is 1. The number of halogens is 2. The SMILES string of the molecule is CN1CCN(Cc2cccc(OC(F)F)c2)C[C@@H]1CCO. The number of nitrogens with zero attached hydrogens (tertiary/aromatic N) is 2. The molecule has 1 aliphatic rings. The van der Waals surface area contributed by atoms with E-state index in [4.69, 9.17) is 5.11 Å². The minimum absolute atomic E-state index is 0.181. The number of aliphatic hydroxyl groups is 1. The Kier molecular flexibility index (Phi) is 5.90. The molecule has 0 radical (unpaired) electrons. The summed E-state index contributed by atoms with van der Waals surface area (Å²) in [6.45, 7) is 0.835. The average Bonchev–Trinajstić information content (AvgIpc) is 2.42. The van der Waals surface area contributed by atoms with Crippen LogP contribution >= 0.6 is 0 Å². The van der Waals surface area contributed by atoms with Crippen molar-refractivity contribution in [2.75, 3.05) is 33.3 Å². The summed E-state index contributed by atoms with van der Waals surface area (Å²) in [5.41, 5.74) is 0.959. The number of benzene rings is 1. The Morgan fingerprint density at radius 2 is 2.19 bits per heavy atom. The molecule has 1 heterocycles. The van der Waals surface area contributed by atoms with Crippen LogP contribution in [0.1, 0.15) is 12.0 Å².